The summed E-state index contributed by atoms with van der Waals surface area (Å²) in [6, 6.07) is 6.01. The third-order valence-electron chi connectivity index (χ3n) is 4.34. The van der Waals surface area contributed by atoms with Crippen molar-refractivity contribution in [1.29, 1.82) is 0 Å². The fourth-order valence-electron chi connectivity index (χ4n) is 3.14. The van der Waals surface area contributed by atoms with Gasteiger partial charge in [-0.2, -0.15) is 4.31 Å². The topological polar surface area (TPSA) is 58.6 Å². The third kappa shape index (κ3) is 3.07. The monoisotopic (exact) mass is 310 g/mol. The van der Waals surface area contributed by atoms with Crippen LogP contribution in [0.5, 0.6) is 5.75 Å². The smallest absolute Gasteiger partial charge is 0.211 e. The molecule has 0 amide bonds. The van der Waals surface area contributed by atoms with Gasteiger partial charge in [0.15, 0.2) is 0 Å². The van der Waals surface area contributed by atoms with E-state index >= 15 is 0 Å². The normalized spacial score (nSPS) is 22.4. The van der Waals surface area contributed by atoms with Crippen LogP contribution in [0.2, 0.25) is 0 Å². The first-order chi connectivity index (χ1) is 9.88. The fraction of sp³-hybridized carbons (Fsp3) is 0.600. The first-order valence-electron chi connectivity index (χ1n) is 7.32. The molecule has 1 saturated heterocycles. The molecule has 0 bridgehead atoms. The van der Waals surface area contributed by atoms with Gasteiger partial charge in [0.25, 0.3) is 0 Å². The number of ether oxygens (including phenoxy) is 1. The van der Waals surface area contributed by atoms with Gasteiger partial charge in [-0.05, 0) is 26.1 Å². The highest BCUT2D eigenvalue weighted by atomic mass is 32.2. The molecule has 5 nitrogen and oxygen atoms in total. The summed E-state index contributed by atoms with van der Waals surface area (Å²) in [6.45, 7) is 4.56. The van der Waals surface area contributed by atoms with E-state index in [9.17, 15) is 8.42 Å². The van der Waals surface area contributed by atoms with Crippen molar-refractivity contribution in [3.05, 3.63) is 29.3 Å². The average molecular weight is 310 g/mol. The highest BCUT2D eigenvalue weighted by molar-refractivity contribution is 7.88. The molecule has 0 unspecified atom stereocenters. The summed E-state index contributed by atoms with van der Waals surface area (Å²) in [4.78, 5) is 0. The highest BCUT2D eigenvalue weighted by Gasteiger charge is 2.41. The molecule has 1 fully saturated rings. The van der Waals surface area contributed by atoms with Crippen LogP contribution in [-0.4, -0.2) is 44.2 Å². The highest BCUT2D eigenvalue weighted by Crippen LogP contribution is 2.35. The van der Waals surface area contributed by atoms with Crippen LogP contribution in [0, 0.1) is 6.92 Å². The number of nitrogens with zero attached hydrogens (tertiary/aromatic N) is 1. The van der Waals surface area contributed by atoms with Crippen molar-refractivity contribution in [3.8, 4) is 5.75 Å². The zero-order valence-corrected chi connectivity index (χ0v) is 13.4. The molecule has 0 radical (unpaired) electrons. The van der Waals surface area contributed by atoms with Gasteiger partial charge in [-0.3, -0.25) is 0 Å². The van der Waals surface area contributed by atoms with Crippen molar-refractivity contribution in [2.45, 2.75) is 31.9 Å². The zero-order valence-electron chi connectivity index (χ0n) is 12.6. The van der Waals surface area contributed by atoms with Crippen molar-refractivity contribution >= 4 is 10.0 Å². The molecule has 2 heterocycles. The summed E-state index contributed by atoms with van der Waals surface area (Å²) in [5, 5.41) is 3.32. The van der Waals surface area contributed by atoms with Crippen molar-refractivity contribution in [2.24, 2.45) is 0 Å². The van der Waals surface area contributed by atoms with Gasteiger partial charge in [-0.25, -0.2) is 8.42 Å². The fourth-order valence-corrected chi connectivity index (χ4v) is 3.98. The van der Waals surface area contributed by atoms with Gasteiger partial charge in [0.1, 0.15) is 11.4 Å². The molecular weight excluding hydrogens is 288 g/mol. The molecule has 6 heteroatoms. The summed E-state index contributed by atoms with van der Waals surface area (Å²) >= 11 is 0. The van der Waals surface area contributed by atoms with Gasteiger partial charge in [-0.15, -0.1) is 0 Å². The SMILES string of the molecule is Cc1ccc2c(c1)CN(S(C)(=O)=O)CC1(CCNCC1)O2. The van der Waals surface area contributed by atoms with E-state index in [1.165, 1.54) is 6.26 Å². The summed E-state index contributed by atoms with van der Waals surface area (Å²) in [5.74, 6) is 0.827. The molecule has 3 rings (SSSR count). The maximum atomic E-state index is 12.1. The van der Waals surface area contributed by atoms with Gasteiger partial charge in [0, 0.05) is 24.9 Å². The number of hydrogen-bond donors (Lipinski definition) is 1. The molecule has 1 aromatic carbocycles. The van der Waals surface area contributed by atoms with Crippen LogP contribution < -0.4 is 10.1 Å². The molecule has 1 N–H and O–H groups in total. The van der Waals surface area contributed by atoms with E-state index in [4.69, 9.17) is 4.74 Å². The first kappa shape index (κ1) is 14.8. The Kier molecular flexibility index (Phi) is 3.71. The van der Waals surface area contributed by atoms with Gasteiger partial charge >= 0.3 is 0 Å². The van der Waals surface area contributed by atoms with Crippen LogP contribution in [0.15, 0.2) is 18.2 Å². The number of fused-ring (bicyclic) bond motifs is 1. The lowest BCUT2D eigenvalue weighted by atomic mass is 9.92. The van der Waals surface area contributed by atoms with E-state index in [0.29, 0.717) is 13.1 Å². The summed E-state index contributed by atoms with van der Waals surface area (Å²) in [5.41, 5.74) is 1.66. The lowest BCUT2D eigenvalue weighted by Gasteiger charge is -2.38. The van der Waals surface area contributed by atoms with Crippen LogP contribution in [0.4, 0.5) is 0 Å². The Hall–Kier alpha value is -1.11. The van der Waals surface area contributed by atoms with Crippen LogP contribution in [0.3, 0.4) is 0 Å². The maximum absolute atomic E-state index is 12.1. The molecule has 0 atom stereocenters. The molecule has 21 heavy (non-hydrogen) atoms. The quantitative estimate of drug-likeness (QED) is 0.849. The second-order valence-corrected chi connectivity index (χ2v) is 8.16. The Morgan fingerprint density at radius 2 is 2.00 bits per heavy atom. The van der Waals surface area contributed by atoms with E-state index in [0.717, 1.165) is 42.8 Å². The van der Waals surface area contributed by atoms with E-state index in [1.807, 2.05) is 25.1 Å². The van der Waals surface area contributed by atoms with Gasteiger partial charge < -0.3 is 10.1 Å². The predicted molar refractivity (Wildman–Crippen MR) is 81.9 cm³/mol. The lowest BCUT2D eigenvalue weighted by molar-refractivity contribution is 0.0274. The second-order valence-electron chi connectivity index (χ2n) is 6.18. The summed E-state index contributed by atoms with van der Waals surface area (Å²) < 4.78 is 32.1. The van der Waals surface area contributed by atoms with Crippen LogP contribution in [0.25, 0.3) is 0 Å². The number of nitrogens with one attached hydrogen (secondary N) is 1. The van der Waals surface area contributed by atoms with Crippen molar-refractivity contribution in [1.82, 2.24) is 9.62 Å². The van der Waals surface area contributed by atoms with Crippen molar-refractivity contribution in [3.63, 3.8) is 0 Å². The molecule has 2 aliphatic heterocycles. The Balaban J connectivity index is 2.04. The Morgan fingerprint density at radius 3 is 2.67 bits per heavy atom. The molecule has 0 aromatic heterocycles. The van der Waals surface area contributed by atoms with E-state index < -0.39 is 15.6 Å². The number of benzene rings is 1. The van der Waals surface area contributed by atoms with E-state index in [1.54, 1.807) is 4.31 Å². The van der Waals surface area contributed by atoms with Crippen molar-refractivity contribution < 1.29 is 13.2 Å². The van der Waals surface area contributed by atoms with E-state index in [-0.39, 0.29) is 0 Å². The minimum atomic E-state index is -3.25. The first-order valence-corrected chi connectivity index (χ1v) is 9.17. The molecule has 2 aliphatic rings. The number of hydrogen-bond acceptors (Lipinski definition) is 4. The number of sulfonamides is 1. The molecule has 0 aliphatic carbocycles. The molecule has 1 aromatic rings. The Bertz CT molecular complexity index is 636. The zero-order chi connectivity index (χ0) is 15.1. The summed E-state index contributed by atoms with van der Waals surface area (Å²) in [7, 11) is -3.25. The predicted octanol–water partition coefficient (Wildman–Crippen LogP) is 1.27. The minimum Gasteiger partial charge on any atom is -0.485 e. The van der Waals surface area contributed by atoms with Gasteiger partial charge in [0.2, 0.25) is 10.0 Å². The van der Waals surface area contributed by atoms with Crippen LogP contribution in [-0.2, 0) is 16.6 Å². The average Bonchev–Trinajstić information content (AvgIpc) is 2.56. The van der Waals surface area contributed by atoms with E-state index in [2.05, 4.69) is 5.32 Å². The number of rotatable bonds is 1. The number of piperidine rings is 1. The Morgan fingerprint density at radius 1 is 1.29 bits per heavy atom. The van der Waals surface area contributed by atoms with Crippen molar-refractivity contribution in [2.75, 3.05) is 25.9 Å². The van der Waals surface area contributed by atoms with Crippen LogP contribution in [0.1, 0.15) is 24.0 Å². The van der Waals surface area contributed by atoms with Gasteiger partial charge in [-0.1, -0.05) is 17.7 Å². The largest absolute Gasteiger partial charge is 0.485 e. The molecule has 1 spiro atoms. The standard InChI is InChI=1S/C15H22N2O3S/c1-12-3-4-14-13(9-12)10-17(21(2,18)19)11-15(20-14)5-7-16-8-6-15/h3-4,9,16H,5-8,10-11H2,1-2H3. The Labute approximate surface area is 126 Å². The molecule has 0 saturated carbocycles. The third-order valence-corrected chi connectivity index (χ3v) is 5.53. The second kappa shape index (κ2) is 5.26. The number of aryl methyl sites for hydroxylation is 1. The maximum Gasteiger partial charge on any atom is 0.211 e. The summed E-state index contributed by atoms with van der Waals surface area (Å²) in [6.07, 6.45) is 2.93. The lowest BCUT2D eigenvalue weighted by Crippen LogP contribution is -2.53. The van der Waals surface area contributed by atoms with Crippen LogP contribution >= 0.6 is 0 Å². The van der Waals surface area contributed by atoms with Gasteiger partial charge in [0.05, 0.1) is 12.8 Å². The minimum absolute atomic E-state index is 0.394. The molecular formula is C15H22N2O3S. The molecule has 116 valence electrons.